The number of aryl methyl sites for hydroxylation is 4. The highest BCUT2D eigenvalue weighted by atomic mass is 35.5. The SMILES string of the molecule is CCCCCCCOc1ccc(CCc2ccc3c(F)c(CCc4cc(F)c(Cl)c(F)c4)ccc3c2)cc1. The average molecular weight is 539 g/mol. The summed E-state index contributed by atoms with van der Waals surface area (Å²) in [5.41, 5.74) is 3.34. The monoisotopic (exact) mass is 538 g/mol. The number of fused-ring (bicyclic) bond motifs is 1. The van der Waals surface area contributed by atoms with Gasteiger partial charge in [0.25, 0.3) is 0 Å². The Morgan fingerprint density at radius 1 is 0.658 bits per heavy atom. The van der Waals surface area contributed by atoms with Gasteiger partial charge in [0.05, 0.1) is 6.61 Å². The molecule has 0 aromatic heterocycles. The van der Waals surface area contributed by atoms with E-state index in [2.05, 4.69) is 19.1 Å². The Hall–Kier alpha value is -2.98. The third-order valence-electron chi connectivity index (χ3n) is 6.97. The largest absolute Gasteiger partial charge is 0.494 e. The van der Waals surface area contributed by atoms with E-state index in [0.29, 0.717) is 29.4 Å². The van der Waals surface area contributed by atoms with E-state index in [4.69, 9.17) is 16.3 Å². The standard InChI is InChI=1S/C33H34ClF3O/c1-2-3-4-5-6-19-38-28-16-10-23(11-17-28)7-8-24-12-18-29-27(20-24)15-14-26(33(29)37)13-9-25-21-30(35)32(34)31(36)22-25/h10-12,14-18,20-22H,2-9,13,19H2,1H3. The lowest BCUT2D eigenvalue weighted by molar-refractivity contribution is 0.304. The zero-order valence-corrected chi connectivity index (χ0v) is 22.6. The van der Waals surface area contributed by atoms with E-state index in [0.717, 1.165) is 42.6 Å². The Kier molecular flexibility index (Phi) is 10.1. The maximum absolute atomic E-state index is 15.2. The van der Waals surface area contributed by atoms with Gasteiger partial charge in [-0.25, -0.2) is 13.2 Å². The van der Waals surface area contributed by atoms with Gasteiger partial charge in [-0.15, -0.1) is 0 Å². The molecule has 4 aromatic rings. The summed E-state index contributed by atoms with van der Waals surface area (Å²) in [5, 5.41) is 0.877. The van der Waals surface area contributed by atoms with E-state index >= 15 is 4.39 Å². The minimum absolute atomic E-state index is 0.287. The maximum atomic E-state index is 15.2. The van der Waals surface area contributed by atoms with Crippen LogP contribution in [0.3, 0.4) is 0 Å². The minimum Gasteiger partial charge on any atom is -0.494 e. The molecule has 0 amide bonds. The van der Waals surface area contributed by atoms with Crippen LogP contribution in [0.5, 0.6) is 5.75 Å². The molecule has 0 atom stereocenters. The molecule has 0 fully saturated rings. The third kappa shape index (κ3) is 7.54. The number of halogens is 4. The fourth-order valence-corrected chi connectivity index (χ4v) is 4.81. The maximum Gasteiger partial charge on any atom is 0.145 e. The van der Waals surface area contributed by atoms with Crippen molar-refractivity contribution in [2.45, 2.75) is 64.7 Å². The normalized spacial score (nSPS) is 11.3. The molecule has 0 radical (unpaired) electrons. The van der Waals surface area contributed by atoms with Gasteiger partial charge in [0.2, 0.25) is 0 Å². The van der Waals surface area contributed by atoms with Gasteiger partial charge in [-0.2, -0.15) is 0 Å². The third-order valence-corrected chi connectivity index (χ3v) is 7.33. The first-order valence-corrected chi connectivity index (χ1v) is 13.9. The van der Waals surface area contributed by atoms with Crippen molar-refractivity contribution in [3.8, 4) is 5.75 Å². The number of benzene rings is 4. The second-order valence-electron chi connectivity index (χ2n) is 9.87. The second kappa shape index (κ2) is 13.7. The molecule has 0 N–H and O–H groups in total. The molecule has 38 heavy (non-hydrogen) atoms. The molecule has 4 rings (SSSR count). The summed E-state index contributed by atoms with van der Waals surface area (Å²) in [6.07, 6.45) is 8.51. The van der Waals surface area contributed by atoms with E-state index in [1.54, 1.807) is 6.07 Å². The highest BCUT2D eigenvalue weighted by Gasteiger charge is 2.12. The van der Waals surface area contributed by atoms with E-state index in [-0.39, 0.29) is 5.82 Å². The Bertz CT molecular complexity index is 1330. The lowest BCUT2D eigenvalue weighted by Gasteiger charge is -2.10. The first-order chi connectivity index (χ1) is 18.4. The predicted octanol–water partition coefficient (Wildman–Crippen LogP) is 9.83. The van der Waals surface area contributed by atoms with E-state index in [1.165, 1.54) is 43.4 Å². The van der Waals surface area contributed by atoms with Crippen LogP contribution in [0.1, 0.15) is 61.3 Å². The highest BCUT2D eigenvalue weighted by Crippen LogP contribution is 2.26. The molecular weight excluding hydrogens is 505 g/mol. The van der Waals surface area contributed by atoms with Gasteiger partial charge in [0.1, 0.15) is 28.2 Å². The first kappa shape index (κ1) is 28.0. The van der Waals surface area contributed by atoms with E-state index in [1.807, 2.05) is 36.4 Å². The lowest BCUT2D eigenvalue weighted by Crippen LogP contribution is -1.99. The summed E-state index contributed by atoms with van der Waals surface area (Å²) in [6.45, 7) is 2.98. The number of hydrogen-bond acceptors (Lipinski definition) is 1. The van der Waals surface area contributed by atoms with Gasteiger partial charge in [0.15, 0.2) is 0 Å². The summed E-state index contributed by atoms with van der Waals surface area (Å²) in [5.74, 6) is -0.978. The Morgan fingerprint density at radius 3 is 2.05 bits per heavy atom. The van der Waals surface area contributed by atoms with Crippen molar-refractivity contribution in [3.05, 3.63) is 111 Å². The van der Waals surface area contributed by atoms with Crippen LogP contribution >= 0.6 is 11.6 Å². The fraction of sp³-hybridized carbons (Fsp3) is 0.333. The molecule has 0 unspecified atom stereocenters. The zero-order chi connectivity index (χ0) is 26.9. The van der Waals surface area contributed by atoms with Gasteiger partial charge in [0, 0.05) is 5.39 Å². The van der Waals surface area contributed by atoms with Crippen LogP contribution in [0, 0.1) is 17.5 Å². The van der Waals surface area contributed by atoms with Gasteiger partial charge < -0.3 is 4.74 Å². The van der Waals surface area contributed by atoms with Crippen LogP contribution in [0.2, 0.25) is 5.02 Å². The van der Waals surface area contributed by atoms with Crippen molar-refractivity contribution in [1.82, 2.24) is 0 Å². The molecule has 0 heterocycles. The zero-order valence-electron chi connectivity index (χ0n) is 21.8. The Morgan fingerprint density at radius 2 is 1.32 bits per heavy atom. The Labute approximate surface area is 228 Å². The smallest absolute Gasteiger partial charge is 0.145 e. The molecular formula is C33H34ClF3O. The highest BCUT2D eigenvalue weighted by molar-refractivity contribution is 6.30. The fourth-order valence-electron chi connectivity index (χ4n) is 4.70. The van der Waals surface area contributed by atoms with E-state index in [9.17, 15) is 8.78 Å². The van der Waals surface area contributed by atoms with Crippen molar-refractivity contribution >= 4 is 22.4 Å². The second-order valence-corrected chi connectivity index (χ2v) is 10.3. The van der Waals surface area contributed by atoms with Gasteiger partial charge in [-0.1, -0.05) is 86.7 Å². The van der Waals surface area contributed by atoms with Crippen LogP contribution < -0.4 is 4.74 Å². The molecule has 0 aliphatic rings. The Balaban J connectivity index is 1.31. The van der Waals surface area contributed by atoms with Gasteiger partial charge in [-0.3, -0.25) is 0 Å². The topological polar surface area (TPSA) is 9.23 Å². The lowest BCUT2D eigenvalue weighted by atomic mass is 9.97. The summed E-state index contributed by atoms with van der Waals surface area (Å²) >= 11 is 5.55. The molecule has 0 saturated heterocycles. The van der Waals surface area contributed by atoms with Crippen LogP contribution in [0.15, 0.2) is 66.7 Å². The number of ether oxygens (including phenoxy) is 1. The van der Waals surface area contributed by atoms with Crippen molar-refractivity contribution in [2.24, 2.45) is 0 Å². The molecule has 0 saturated carbocycles. The molecule has 4 aromatic carbocycles. The molecule has 200 valence electrons. The molecule has 0 aliphatic heterocycles. The van der Waals surface area contributed by atoms with E-state index < -0.39 is 16.7 Å². The summed E-state index contributed by atoms with van der Waals surface area (Å²) < 4.78 is 48.5. The predicted molar refractivity (Wildman–Crippen MR) is 151 cm³/mol. The quantitative estimate of drug-likeness (QED) is 0.121. The van der Waals surface area contributed by atoms with Gasteiger partial charge >= 0.3 is 0 Å². The summed E-state index contributed by atoms with van der Waals surface area (Å²) in [7, 11) is 0. The van der Waals surface area contributed by atoms with Crippen LogP contribution in [0.4, 0.5) is 13.2 Å². The molecule has 1 nitrogen and oxygen atoms in total. The number of rotatable bonds is 13. The molecule has 5 heteroatoms. The van der Waals surface area contributed by atoms with Crippen molar-refractivity contribution in [3.63, 3.8) is 0 Å². The van der Waals surface area contributed by atoms with Gasteiger partial charge in [-0.05, 0) is 84.0 Å². The molecule has 0 spiro atoms. The van der Waals surface area contributed by atoms with Crippen molar-refractivity contribution in [2.75, 3.05) is 6.61 Å². The molecule has 0 aliphatic carbocycles. The minimum atomic E-state index is -0.800. The summed E-state index contributed by atoms with van der Waals surface area (Å²) in [4.78, 5) is 0. The summed E-state index contributed by atoms with van der Waals surface area (Å²) in [6, 6.07) is 20.2. The average Bonchev–Trinajstić information content (AvgIpc) is 2.92. The number of unbranched alkanes of at least 4 members (excludes halogenated alkanes) is 4. The first-order valence-electron chi connectivity index (χ1n) is 13.5. The number of hydrogen-bond donors (Lipinski definition) is 0. The van der Waals surface area contributed by atoms with Crippen LogP contribution in [-0.2, 0) is 25.7 Å². The van der Waals surface area contributed by atoms with Crippen LogP contribution in [-0.4, -0.2) is 6.61 Å². The van der Waals surface area contributed by atoms with Crippen LogP contribution in [0.25, 0.3) is 10.8 Å². The van der Waals surface area contributed by atoms with Crippen molar-refractivity contribution in [1.29, 1.82) is 0 Å². The molecule has 0 bridgehead atoms. The van der Waals surface area contributed by atoms with Crippen molar-refractivity contribution < 1.29 is 17.9 Å².